The number of hydrogen-bond acceptors (Lipinski definition) is 4. The smallest absolute Gasteiger partial charge is 0.138 e. The van der Waals surface area contributed by atoms with Gasteiger partial charge in [0.15, 0.2) is 0 Å². The van der Waals surface area contributed by atoms with Crippen LogP contribution >= 0.6 is 11.3 Å². The van der Waals surface area contributed by atoms with E-state index in [0.717, 1.165) is 18.1 Å². The normalized spacial score (nSPS) is 23.7. The molecule has 1 fully saturated rings. The van der Waals surface area contributed by atoms with Gasteiger partial charge in [0, 0.05) is 37.0 Å². The van der Waals surface area contributed by atoms with Crippen LogP contribution in [0.25, 0.3) is 0 Å². The van der Waals surface area contributed by atoms with Crippen LogP contribution in [-0.4, -0.2) is 28.8 Å². The van der Waals surface area contributed by atoms with Gasteiger partial charge in [-0.1, -0.05) is 6.92 Å². The Bertz CT molecular complexity index is 372. The lowest BCUT2D eigenvalue weighted by atomic mass is 9.93. The second-order valence-electron chi connectivity index (χ2n) is 4.96. The number of carbonyl (C=O) groups is 1. The molecule has 1 aliphatic rings. The number of nitrogens with zero attached hydrogens (tertiary/aromatic N) is 2. The first-order valence-corrected chi connectivity index (χ1v) is 6.57. The molecule has 2 rings (SSSR count). The zero-order chi connectivity index (χ0) is 11.8. The molecule has 0 aromatic carbocycles. The van der Waals surface area contributed by atoms with Crippen LogP contribution in [0.5, 0.6) is 0 Å². The van der Waals surface area contributed by atoms with Crippen LogP contribution in [0.1, 0.15) is 32.2 Å². The van der Waals surface area contributed by atoms with Gasteiger partial charge in [0.2, 0.25) is 0 Å². The largest absolute Gasteiger partial charge is 0.299 e. The standard InChI is InChI=1S/C12H18N2OS/c1-9-8-14(6-4-10(9)15)12(2,3)11-13-5-7-16-11/h5,7,9H,4,6,8H2,1-3H3. The van der Waals surface area contributed by atoms with Crippen LogP contribution in [0.4, 0.5) is 0 Å². The van der Waals surface area contributed by atoms with E-state index in [1.54, 1.807) is 11.3 Å². The topological polar surface area (TPSA) is 33.2 Å². The summed E-state index contributed by atoms with van der Waals surface area (Å²) >= 11 is 1.69. The fourth-order valence-electron chi connectivity index (χ4n) is 2.18. The Hall–Kier alpha value is -0.740. The highest BCUT2D eigenvalue weighted by Crippen LogP contribution is 2.32. The number of Topliss-reactive ketones (excluding diaryl/α,β-unsaturated/α-hetero) is 1. The Labute approximate surface area is 100 Å². The SMILES string of the molecule is CC1CN(C(C)(C)c2nccs2)CCC1=O. The lowest BCUT2D eigenvalue weighted by Crippen LogP contribution is -2.49. The molecule has 4 heteroatoms. The summed E-state index contributed by atoms with van der Waals surface area (Å²) in [6.45, 7) is 8.11. The van der Waals surface area contributed by atoms with Crippen molar-refractivity contribution in [3.63, 3.8) is 0 Å². The van der Waals surface area contributed by atoms with Crippen molar-refractivity contribution in [3.05, 3.63) is 16.6 Å². The summed E-state index contributed by atoms with van der Waals surface area (Å²) in [4.78, 5) is 18.3. The van der Waals surface area contributed by atoms with Crippen molar-refractivity contribution in [2.75, 3.05) is 13.1 Å². The monoisotopic (exact) mass is 238 g/mol. The number of thiazole rings is 1. The minimum Gasteiger partial charge on any atom is -0.299 e. The lowest BCUT2D eigenvalue weighted by molar-refractivity contribution is -0.127. The lowest BCUT2D eigenvalue weighted by Gasteiger charge is -2.41. The second-order valence-corrected chi connectivity index (χ2v) is 5.85. The number of hydrogen-bond donors (Lipinski definition) is 0. The fraction of sp³-hybridized carbons (Fsp3) is 0.667. The van der Waals surface area contributed by atoms with Crippen LogP contribution < -0.4 is 0 Å². The maximum absolute atomic E-state index is 11.5. The van der Waals surface area contributed by atoms with Crippen molar-refractivity contribution >= 4 is 17.1 Å². The molecule has 1 atom stereocenters. The molecule has 1 unspecified atom stereocenters. The van der Waals surface area contributed by atoms with Crippen molar-refractivity contribution in [3.8, 4) is 0 Å². The zero-order valence-electron chi connectivity index (χ0n) is 10.1. The molecule has 2 heterocycles. The van der Waals surface area contributed by atoms with Crippen molar-refractivity contribution in [2.24, 2.45) is 5.92 Å². The van der Waals surface area contributed by atoms with Gasteiger partial charge in [-0.15, -0.1) is 11.3 Å². The minimum absolute atomic E-state index is 0.0525. The van der Waals surface area contributed by atoms with Gasteiger partial charge in [-0.2, -0.15) is 0 Å². The Morgan fingerprint density at radius 3 is 2.88 bits per heavy atom. The Kier molecular flexibility index (Phi) is 3.13. The summed E-state index contributed by atoms with van der Waals surface area (Å²) in [6.07, 6.45) is 2.52. The first kappa shape index (κ1) is 11.7. The minimum atomic E-state index is -0.0525. The van der Waals surface area contributed by atoms with Crippen LogP contribution in [-0.2, 0) is 10.3 Å². The molecular formula is C12H18N2OS. The van der Waals surface area contributed by atoms with Gasteiger partial charge in [-0.05, 0) is 13.8 Å². The van der Waals surface area contributed by atoms with Gasteiger partial charge in [-0.3, -0.25) is 9.69 Å². The molecule has 16 heavy (non-hydrogen) atoms. The van der Waals surface area contributed by atoms with Crippen LogP contribution in [0.15, 0.2) is 11.6 Å². The molecule has 3 nitrogen and oxygen atoms in total. The number of aromatic nitrogens is 1. The number of rotatable bonds is 2. The Balaban J connectivity index is 2.16. The van der Waals surface area contributed by atoms with E-state index in [1.165, 1.54) is 0 Å². The molecule has 0 aliphatic carbocycles. The maximum atomic E-state index is 11.5. The summed E-state index contributed by atoms with van der Waals surface area (Å²) in [5, 5.41) is 3.14. The number of ketones is 1. The van der Waals surface area contributed by atoms with Crippen LogP contribution in [0, 0.1) is 5.92 Å². The molecule has 1 aliphatic heterocycles. The van der Waals surface area contributed by atoms with E-state index in [2.05, 4.69) is 23.7 Å². The zero-order valence-corrected chi connectivity index (χ0v) is 10.9. The molecule has 0 amide bonds. The quantitative estimate of drug-likeness (QED) is 0.792. The number of carbonyl (C=O) groups excluding carboxylic acids is 1. The molecule has 0 bridgehead atoms. The summed E-state index contributed by atoms with van der Waals surface area (Å²) < 4.78 is 0. The highest BCUT2D eigenvalue weighted by molar-refractivity contribution is 7.09. The molecule has 0 saturated carbocycles. The predicted molar refractivity (Wildman–Crippen MR) is 65.5 cm³/mol. The van der Waals surface area contributed by atoms with Gasteiger partial charge in [0.05, 0.1) is 5.54 Å². The third-order valence-corrected chi connectivity index (χ3v) is 4.50. The molecule has 0 N–H and O–H groups in total. The molecule has 1 aromatic heterocycles. The van der Waals surface area contributed by atoms with Crippen molar-refractivity contribution < 1.29 is 4.79 Å². The molecule has 0 radical (unpaired) electrons. The molecule has 0 spiro atoms. The molecule has 1 saturated heterocycles. The van der Waals surface area contributed by atoms with E-state index < -0.39 is 0 Å². The highest BCUT2D eigenvalue weighted by Gasteiger charge is 2.35. The summed E-state index contributed by atoms with van der Waals surface area (Å²) in [5.41, 5.74) is -0.0525. The summed E-state index contributed by atoms with van der Waals surface area (Å²) in [5.74, 6) is 0.555. The first-order chi connectivity index (χ1) is 7.51. The van der Waals surface area contributed by atoms with E-state index in [9.17, 15) is 4.79 Å². The van der Waals surface area contributed by atoms with E-state index >= 15 is 0 Å². The average molecular weight is 238 g/mol. The third-order valence-electron chi connectivity index (χ3n) is 3.42. The highest BCUT2D eigenvalue weighted by atomic mass is 32.1. The fourth-order valence-corrected chi connectivity index (χ4v) is 2.97. The van der Waals surface area contributed by atoms with Gasteiger partial charge in [0.1, 0.15) is 10.8 Å². The van der Waals surface area contributed by atoms with E-state index in [4.69, 9.17) is 0 Å². The predicted octanol–water partition coefficient (Wildman–Crippen LogP) is 2.29. The van der Waals surface area contributed by atoms with E-state index in [0.29, 0.717) is 12.2 Å². The Morgan fingerprint density at radius 2 is 2.31 bits per heavy atom. The Morgan fingerprint density at radius 1 is 1.56 bits per heavy atom. The molecule has 88 valence electrons. The van der Waals surface area contributed by atoms with Crippen molar-refractivity contribution in [1.82, 2.24) is 9.88 Å². The third kappa shape index (κ3) is 2.04. The number of likely N-dealkylation sites (tertiary alicyclic amines) is 1. The maximum Gasteiger partial charge on any atom is 0.138 e. The van der Waals surface area contributed by atoms with Gasteiger partial charge < -0.3 is 0 Å². The van der Waals surface area contributed by atoms with Gasteiger partial charge in [0.25, 0.3) is 0 Å². The molecule has 1 aromatic rings. The van der Waals surface area contributed by atoms with Crippen molar-refractivity contribution in [2.45, 2.75) is 32.7 Å². The summed E-state index contributed by atoms with van der Waals surface area (Å²) in [6, 6.07) is 0. The van der Waals surface area contributed by atoms with Gasteiger partial charge in [-0.25, -0.2) is 4.98 Å². The molecular weight excluding hydrogens is 220 g/mol. The van der Waals surface area contributed by atoms with E-state index in [1.807, 2.05) is 18.5 Å². The van der Waals surface area contributed by atoms with Crippen LogP contribution in [0.2, 0.25) is 0 Å². The first-order valence-electron chi connectivity index (χ1n) is 5.69. The van der Waals surface area contributed by atoms with Crippen LogP contribution in [0.3, 0.4) is 0 Å². The van der Waals surface area contributed by atoms with Crippen molar-refractivity contribution in [1.29, 1.82) is 0 Å². The summed E-state index contributed by atoms with van der Waals surface area (Å²) in [7, 11) is 0. The average Bonchev–Trinajstić information content (AvgIpc) is 2.75. The number of piperidine rings is 1. The van der Waals surface area contributed by atoms with E-state index in [-0.39, 0.29) is 11.5 Å². The second kappa shape index (κ2) is 4.26. The van der Waals surface area contributed by atoms with Gasteiger partial charge >= 0.3 is 0 Å².